The number of nitrogens with two attached hydrogens (primary N) is 1. The zero-order chi connectivity index (χ0) is 29.5. The molecule has 0 unspecified atom stereocenters. The highest BCUT2D eigenvalue weighted by molar-refractivity contribution is 6.31. The standard InChI is InChI=1S/C29H25Cl2N7O4/c30-17-4-1-3-16(11-17)28(41)33-18-8-10-21-20(13-18)25(27(32)40)36-37(21)14-24(39)38-19-9-7-15(12-19)26(38)29(42)35-23-6-2-5-22(31)34-23/h1-6,8,10-11,13,15,19,26H,7,9,12,14H2,(H2,32,40)(H,33,41)(H,34,35,42)/t15-,19+,26-/m0/s1. The van der Waals surface area contributed by atoms with Crippen LogP contribution in [0.15, 0.2) is 60.7 Å². The molecule has 2 aliphatic rings. The number of carbonyl (C=O) groups is 4. The molecule has 1 saturated heterocycles. The molecule has 42 heavy (non-hydrogen) atoms. The first-order chi connectivity index (χ1) is 20.2. The third-order valence-electron chi connectivity index (χ3n) is 7.72. The van der Waals surface area contributed by atoms with Crippen molar-refractivity contribution in [2.45, 2.75) is 37.9 Å². The third-order valence-corrected chi connectivity index (χ3v) is 8.17. The SMILES string of the molecule is NC(=O)c1nn(CC(=O)N2[C@@H]3CC[C@@H](C3)[C@H]2C(=O)Nc2cccc(Cl)n2)c2ccc(NC(=O)c3cccc(Cl)c3)cc12. The van der Waals surface area contributed by atoms with Gasteiger partial charge in [-0.25, -0.2) is 4.98 Å². The second kappa shape index (κ2) is 11.1. The number of nitrogens with one attached hydrogen (secondary N) is 2. The number of nitrogens with zero attached hydrogens (tertiary/aromatic N) is 4. The number of likely N-dealkylation sites (tertiary alicyclic amines) is 1. The van der Waals surface area contributed by atoms with E-state index in [2.05, 4.69) is 20.7 Å². The van der Waals surface area contributed by atoms with Crippen molar-refractivity contribution >= 4 is 69.2 Å². The monoisotopic (exact) mass is 605 g/mol. The van der Waals surface area contributed by atoms with Crippen LogP contribution in [0.25, 0.3) is 10.9 Å². The lowest BCUT2D eigenvalue weighted by atomic mass is 9.97. The summed E-state index contributed by atoms with van der Waals surface area (Å²) < 4.78 is 1.40. The van der Waals surface area contributed by atoms with Gasteiger partial charge in [0.25, 0.3) is 11.8 Å². The number of anilines is 2. The van der Waals surface area contributed by atoms with Crippen molar-refractivity contribution in [3.8, 4) is 0 Å². The van der Waals surface area contributed by atoms with Gasteiger partial charge in [0.05, 0.1) is 5.52 Å². The van der Waals surface area contributed by atoms with Gasteiger partial charge in [-0.1, -0.05) is 35.3 Å². The van der Waals surface area contributed by atoms with E-state index in [0.29, 0.717) is 33.0 Å². The second-order valence-electron chi connectivity index (χ2n) is 10.4. The minimum Gasteiger partial charge on any atom is -0.364 e. The van der Waals surface area contributed by atoms with E-state index in [4.69, 9.17) is 28.9 Å². The Morgan fingerprint density at radius 1 is 0.976 bits per heavy atom. The second-order valence-corrected chi connectivity index (χ2v) is 11.2. The predicted molar refractivity (Wildman–Crippen MR) is 157 cm³/mol. The molecule has 3 atom stereocenters. The Bertz CT molecular complexity index is 1760. The molecule has 4 amide bonds. The fourth-order valence-corrected chi connectivity index (χ4v) is 6.32. The van der Waals surface area contributed by atoms with Gasteiger partial charge in [0.15, 0.2) is 5.69 Å². The van der Waals surface area contributed by atoms with Crippen LogP contribution in [-0.4, -0.2) is 55.4 Å². The molecule has 0 spiro atoms. The molecule has 2 aromatic carbocycles. The van der Waals surface area contributed by atoms with Gasteiger partial charge in [0.2, 0.25) is 11.8 Å². The molecule has 13 heteroatoms. The van der Waals surface area contributed by atoms with E-state index in [9.17, 15) is 19.2 Å². The Morgan fingerprint density at radius 2 is 1.79 bits per heavy atom. The lowest BCUT2D eigenvalue weighted by Crippen LogP contribution is -2.52. The van der Waals surface area contributed by atoms with Crippen molar-refractivity contribution in [1.82, 2.24) is 19.7 Å². The van der Waals surface area contributed by atoms with Crippen molar-refractivity contribution in [1.29, 1.82) is 0 Å². The van der Waals surface area contributed by atoms with Crippen LogP contribution >= 0.6 is 23.2 Å². The first kappa shape index (κ1) is 27.7. The molecule has 11 nitrogen and oxygen atoms in total. The maximum absolute atomic E-state index is 13.7. The molecule has 214 valence electrons. The third kappa shape index (κ3) is 5.28. The number of hydrogen-bond acceptors (Lipinski definition) is 6. The van der Waals surface area contributed by atoms with Gasteiger partial charge in [0, 0.05) is 27.7 Å². The minimum absolute atomic E-state index is 0.0272. The zero-order valence-corrected chi connectivity index (χ0v) is 23.6. The Hall–Kier alpha value is -4.48. The van der Waals surface area contributed by atoms with E-state index in [1.54, 1.807) is 59.5 Å². The Kier molecular flexibility index (Phi) is 7.29. The van der Waals surface area contributed by atoms with E-state index in [0.717, 1.165) is 19.3 Å². The highest BCUT2D eigenvalue weighted by atomic mass is 35.5. The van der Waals surface area contributed by atoms with Gasteiger partial charge < -0.3 is 21.3 Å². The van der Waals surface area contributed by atoms with Crippen molar-refractivity contribution in [2.24, 2.45) is 11.7 Å². The summed E-state index contributed by atoms with van der Waals surface area (Å²) in [7, 11) is 0. The summed E-state index contributed by atoms with van der Waals surface area (Å²) in [6, 6.07) is 15.6. The molecular formula is C29H25Cl2N7O4. The molecule has 3 heterocycles. The molecule has 2 fully saturated rings. The van der Waals surface area contributed by atoms with Crippen LogP contribution in [0.5, 0.6) is 0 Å². The maximum Gasteiger partial charge on any atom is 0.269 e. The van der Waals surface area contributed by atoms with Crippen molar-refractivity contribution in [3.05, 3.63) is 82.1 Å². The normalized spacial score (nSPS) is 19.2. The van der Waals surface area contributed by atoms with Crippen molar-refractivity contribution < 1.29 is 19.2 Å². The van der Waals surface area contributed by atoms with E-state index in [1.807, 2.05) is 0 Å². The number of hydrogen-bond donors (Lipinski definition) is 3. The fourth-order valence-electron chi connectivity index (χ4n) is 5.96. The number of rotatable bonds is 7. The van der Waals surface area contributed by atoms with Gasteiger partial charge in [-0.15, -0.1) is 0 Å². The Labute approximate surface area is 250 Å². The zero-order valence-electron chi connectivity index (χ0n) is 22.1. The summed E-state index contributed by atoms with van der Waals surface area (Å²) in [4.78, 5) is 57.8. The molecule has 2 aromatic heterocycles. The highest BCUT2D eigenvalue weighted by Crippen LogP contribution is 2.43. The molecule has 4 N–H and O–H groups in total. The molecule has 1 saturated carbocycles. The molecule has 4 aromatic rings. The van der Waals surface area contributed by atoms with Crippen molar-refractivity contribution in [2.75, 3.05) is 10.6 Å². The Morgan fingerprint density at radius 3 is 2.55 bits per heavy atom. The van der Waals surface area contributed by atoms with Crippen LogP contribution in [0.2, 0.25) is 10.2 Å². The maximum atomic E-state index is 13.7. The molecule has 0 radical (unpaired) electrons. The number of pyridine rings is 1. The minimum atomic E-state index is -0.781. The number of benzene rings is 2. The van der Waals surface area contributed by atoms with E-state index >= 15 is 0 Å². The summed E-state index contributed by atoms with van der Waals surface area (Å²) in [6.07, 6.45) is 2.38. The molecular weight excluding hydrogens is 581 g/mol. The van der Waals surface area contributed by atoms with Crippen LogP contribution in [0.4, 0.5) is 11.5 Å². The summed E-state index contributed by atoms with van der Waals surface area (Å²) in [5.41, 5.74) is 6.83. The molecule has 6 rings (SSSR count). The number of aromatic nitrogens is 3. The van der Waals surface area contributed by atoms with Crippen LogP contribution in [0.3, 0.4) is 0 Å². The van der Waals surface area contributed by atoms with Gasteiger partial charge in [-0.3, -0.25) is 23.9 Å². The lowest BCUT2D eigenvalue weighted by Gasteiger charge is -2.34. The van der Waals surface area contributed by atoms with Crippen LogP contribution < -0.4 is 16.4 Å². The fraction of sp³-hybridized carbons (Fsp3) is 0.241. The van der Waals surface area contributed by atoms with Crippen molar-refractivity contribution in [3.63, 3.8) is 0 Å². The number of fused-ring (bicyclic) bond motifs is 3. The van der Waals surface area contributed by atoms with Crippen LogP contribution in [-0.2, 0) is 16.1 Å². The van der Waals surface area contributed by atoms with Gasteiger partial charge in [-0.05, 0) is 73.7 Å². The average molecular weight is 606 g/mol. The topological polar surface area (TPSA) is 152 Å². The number of carbonyl (C=O) groups excluding carboxylic acids is 4. The van der Waals surface area contributed by atoms with E-state index in [-0.39, 0.29) is 47.1 Å². The summed E-state index contributed by atoms with van der Waals surface area (Å²) >= 11 is 12.0. The first-order valence-electron chi connectivity index (χ1n) is 13.3. The number of piperidine rings is 1. The van der Waals surface area contributed by atoms with Gasteiger partial charge in [-0.2, -0.15) is 5.10 Å². The summed E-state index contributed by atoms with van der Waals surface area (Å²) in [5, 5.41) is 11.0. The molecule has 1 aliphatic carbocycles. The number of amides is 4. The largest absolute Gasteiger partial charge is 0.364 e. The highest BCUT2D eigenvalue weighted by Gasteiger charge is 2.51. The van der Waals surface area contributed by atoms with Crippen LogP contribution in [0.1, 0.15) is 40.1 Å². The predicted octanol–water partition coefficient (Wildman–Crippen LogP) is 4.11. The first-order valence-corrected chi connectivity index (χ1v) is 14.1. The Balaban J connectivity index is 1.24. The lowest BCUT2D eigenvalue weighted by molar-refractivity contribution is -0.141. The van der Waals surface area contributed by atoms with Gasteiger partial charge >= 0.3 is 0 Å². The summed E-state index contributed by atoms with van der Waals surface area (Å²) in [6.45, 7) is -0.208. The molecule has 2 bridgehead atoms. The van der Waals surface area contributed by atoms with E-state index in [1.165, 1.54) is 10.7 Å². The quantitative estimate of drug-likeness (QED) is 0.269. The van der Waals surface area contributed by atoms with E-state index < -0.39 is 11.9 Å². The van der Waals surface area contributed by atoms with Gasteiger partial charge in [0.1, 0.15) is 23.6 Å². The smallest absolute Gasteiger partial charge is 0.269 e. The number of halogens is 2. The summed E-state index contributed by atoms with van der Waals surface area (Å²) in [5.74, 6) is -1.46. The average Bonchev–Trinajstić information content (AvgIpc) is 3.66. The van der Waals surface area contributed by atoms with Crippen LogP contribution in [0, 0.1) is 5.92 Å². The number of primary amides is 1. The molecule has 1 aliphatic heterocycles.